The van der Waals surface area contributed by atoms with Gasteiger partial charge < -0.3 is 9.29 Å². The SMILES string of the molecule is O=C(O)COOC(=O)CCC(=O)OS(=O)(=O)O.[NaH].[NaH].[NaH].[NaH]. The summed E-state index contributed by atoms with van der Waals surface area (Å²) in [5.41, 5.74) is 0. The maximum absolute atomic E-state index is 10.7. The molecule has 0 aliphatic carbocycles. The molecule has 0 unspecified atom stereocenters. The molecule has 0 aliphatic rings. The molecule has 0 saturated heterocycles. The molecule has 0 bridgehead atoms. The second-order valence-electron chi connectivity index (χ2n) is 2.49. The zero-order valence-corrected chi connectivity index (χ0v) is 9.01. The van der Waals surface area contributed by atoms with Gasteiger partial charge in [-0.05, 0) is 0 Å². The molecule has 106 valence electrons. The van der Waals surface area contributed by atoms with Gasteiger partial charge in [0.1, 0.15) is 0 Å². The molecule has 0 saturated carbocycles. The standard InChI is InChI=1S/C6H8O10S.4Na.4H/c7-4(8)3-14-15-5(9)1-2-6(10)16-17(11,12)13;;;;;;;;/h1-3H2,(H,7,8)(H,11,12,13);;;;;;;;. The fourth-order valence-electron chi connectivity index (χ4n) is 0.551. The van der Waals surface area contributed by atoms with Crippen LogP contribution >= 0.6 is 0 Å². The van der Waals surface area contributed by atoms with E-state index in [4.69, 9.17) is 9.66 Å². The van der Waals surface area contributed by atoms with Crippen LogP contribution in [0.15, 0.2) is 0 Å². The predicted octanol–water partition coefficient (Wildman–Crippen LogP) is -3.92. The van der Waals surface area contributed by atoms with Crippen molar-refractivity contribution in [1.82, 2.24) is 0 Å². The molecule has 0 heterocycles. The van der Waals surface area contributed by atoms with Gasteiger partial charge in [0.15, 0.2) is 6.61 Å². The van der Waals surface area contributed by atoms with Gasteiger partial charge in [-0.1, -0.05) is 0 Å². The van der Waals surface area contributed by atoms with Gasteiger partial charge >= 0.3 is 147 Å². The fourth-order valence-corrected chi connectivity index (χ4v) is 0.869. The molecule has 2 N–H and O–H groups in total. The molecule has 0 aliphatic heterocycles. The Bertz CT molecular complexity index is 410. The number of hydrogen-bond donors (Lipinski definition) is 2. The molecule has 0 fully saturated rings. The van der Waals surface area contributed by atoms with Crippen LogP contribution in [0.25, 0.3) is 0 Å². The number of carboxylic acids is 1. The van der Waals surface area contributed by atoms with Crippen molar-refractivity contribution in [3.8, 4) is 0 Å². The van der Waals surface area contributed by atoms with Gasteiger partial charge in [-0.15, -0.1) is 0 Å². The zero-order valence-electron chi connectivity index (χ0n) is 8.19. The Kier molecular flexibility index (Phi) is 30.7. The average Bonchev–Trinajstić information content (AvgIpc) is 2.11. The van der Waals surface area contributed by atoms with Crippen molar-refractivity contribution in [2.24, 2.45) is 0 Å². The Morgan fingerprint density at radius 1 is 0.905 bits per heavy atom. The van der Waals surface area contributed by atoms with Crippen LogP contribution in [0.5, 0.6) is 0 Å². The van der Waals surface area contributed by atoms with Gasteiger partial charge in [0.2, 0.25) is 0 Å². The summed E-state index contributed by atoms with van der Waals surface area (Å²) in [6, 6.07) is 0. The average molecular weight is 368 g/mol. The Morgan fingerprint density at radius 3 is 1.71 bits per heavy atom. The topological polar surface area (TPSA) is 154 Å². The number of rotatable bonds is 7. The quantitative estimate of drug-likeness (QED) is 0.197. The molecule has 10 nitrogen and oxygen atoms in total. The summed E-state index contributed by atoms with van der Waals surface area (Å²) in [5, 5.41) is 8.09. The van der Waals surface area contributed by atoms with E-state index in [0.717, 1.165) is 0 Å². The third kappa shape index (κ3) is 27.4. The zero-order chi connectivity index (χ0) is 13.5. The molecule has 0 atom stereocenters. The molecule has 0 rings (SSSR count). The minimum atomic E-state index is -4.91. The third-order valence-corrected chi connectivity index (χ3v) is 1.46. The Labute approximate surface area is 209 Å². The van der Waals surface area contributed by atoms with Crippen molar-refractivity contribution >= 4 is 147 Å². The first-order valence-corrected chi connectivity index (χ1v) is 5.31. The maximum atomic E-state index is 10.7. The molecule has 0 spiro atoms. The van der Waals surface area contributed by atoms with Gasteiger partial charge in [0.05, 0.1) is 12.8 Å². The molecule has 0 aromatic rings. The normalized spacial score (nSPS) is 8.62. The van der Waals surface area contributed by atoms with Gasteiger partial charge in [-0.25, -0.2) is 9.59 Å². The van der Waals surface area contributed by atoms with E-state index in [-0.39, 0.29) is 118 Å². The number of carbonyl (C=O) groups excluding carboxylic acids is 2. The Balaban J connectivity index is -0.000000213. The number of carboxylic acid groups (broad SMARTS) is 1. The summed E-state index contributed by atoms with van der Waals surface area (Å²) in [4.78, 5) is 39.1. The summed E-state index contributed by atoms with van der Waals surface area (Å²) in [7, 11) is -4.91. The Morgan fingerprint density at radius 2 is 1.33 bits per heavy atom. The summed E-state index contributed by atoms with van der Waals surface area (Å²) >= 11 is 0. The van der Waals surface area contributed by atoms with Gasteiger partial charge in [0.25, 0.3) is 0 Å². The third-order valence-electron chi connectivity index (χ3n) is 1.07. The van der Waals surface area contributed by atoms with Crippen LogP contribution in [0, 0.1) is 0 Å². The van der Waals surface area contributed by atoms with Crippen molar-refractivity contribution in [1.29, 1.82) is 0 Å². The summed E-state index contributed by atoms with van der Waals surface area (Å²) in [6.07, 6.45) is -1.29. The van der Waals surface area contributed by atoms with E-state index in [1.54, 1.807) is 0 Å². The molecule has 0 aromatic carbocycles. The molecule has 21 heavy (non-hydrogen) atoms. The van der Waals surface area contributed by atoms with Crippen LogP contribution in [0.3, 0.4) is 0 Å². The molecule has 0 radical (unpaired) electrons. The van der Waals surface area contributed by atoms with Crippen LogP contribution in [0.2, 0.25) is 0 Å². The van der Waals surface area contributed by atoms with Gasteiger partial charge in [-0.3, -0.25) is 14.2 Å². The van der Waals surface area contributed by atoms with E-state index < -0.39 is 47.8 Å². The minimum absolute atomic E-state index is 0. The van der Waals surface area contributed by atoms with E-state index >= 15 is 0 Å². The van der Waals surface area contributed by atoms with Crippen molar-refractivity contribution < 1.29 is 46.4 Å². The van der Waals surface area contributed by atoms with Crippen LogP contribution in [0.1, 0.15) is 12.8 Å². The Hall–Kier alpha value is 2.28. The molecule has 15 heteroatoms. The predicted molar refractivity (Wildman–Crippen MR) is 75.2 cm³/mol. The molecule has 0 amide bonds. The molecule has 0 aromatic heterocycles. The fraction of sp³-hybridized carbons (Fsp3) is 0.500. The van der Waals surface area contributed by atoms with Gasteiger partial charge in [-0.2, -0.15) is 13.3 Å². The second kappa shape index (κ2) is 18.6. The van der Waals surface area contributed by atoms with E-state index in [9.17, 15) is 22.8 Å². The van der Waals surface area contributed by atoms with E-state index in [2.05, 4.69) is 14.0 Å². The van der Waals surface area contributed by atoms with Crippen molar-refractivity contribution in [3.05, 3.63) is 0 Å². The summed E-state index contributed by atoms with van der Waals surface area (Å²) in [6.45, 7) is -0.874. The first-order valence-electron chi connectivity index (χ1n) is 3.94. The second-order valence-corrected chi connectivity index (χ2v) is 3.52. The van der Waals surface area contributed by atoms with Gasteiger partial charge in [0, 0.05) is 0 Å². The van der Waals surface area contributed by atoms with Crippen molar-refractivity contribution in [2.45, 2.75) is 12.8 Å². The first kappa shape index (κ1) is 34.6. The molecular formula is C6H12Na4O10S. The first-order chi connectivity index (χ1) is 7.70. The van der Waals surface area contributed by atoms with Crippen molar-refractivity contribution in [3.63, 3.8) is 0 Å². The van der Waals surface area contributed by atoms with E-state index in [1.807, 2.05) is 0 Å². The van der Waals surface area contributed by atoms with Crippen LogP contribution in [-0.2, 0) is 38.7 Å². The van der Waals surface area contributed by atoms with Crippen LogP contribution < -0.4 is 0 Å². The number of aliphatic carboxylic acids is 1. The van der Waals surface area contributed by atoms with Crippen LogP contribution in [-0.4, -0.2) is 161 Å². The summed E-state index contributed by atoms with van der Waals surface area (Å²) < 4.78 is 31.6. The molecular weight excluding hydrogens is 356 g/mol. The monoisotopic (exact) mass is 368 g/mol. The van der Waals surface area contributed by atoms with E-state index in [1.165, 1.54) is 0 Å². The van der Waals surface area contributed by atoms with E-state index in [0.29, 0.717) is 0 Å². The summed E-state index contributed by atoms with van der Waals surface area (Å²) in [5.74, 6) is -3.84. The van der Waals surface area contributed by atoms with Crippen LogP contribution in [0.4, 0.5) is 0 Å². The number of hydrogen-bond acceptors (Lipinski definition) is 8. The van der Waals surface area contributed by atoms with Crippen molar-refractivity contribution in [2.75, 3.05) is 6.61 Å². The number of carbonyl (C=O) groups is 3.